The van der Waals surface area contributed by atoms with Crippen molar-refractivity contribution in [3.63, 3.8) is 0 Å². The van der Waals surface area contributed by atoms with Gasteiger partial charge in [0.1, 0.15) is 24.3 Å². The van der Waals surface area contributed by atoms with Crippen LogP contribution in [0.1, 0.15) is 6.23 Å². The smallest absolute Gasteiger partial charge is 0.397 e. The summed E-state index contributed by atoms with van der Waals surface area (Å²) in [6, 6.07) is 1.61. The van der Waals surface area contributed by atoms with Gasteiger partial charge < -0.3 is 20.3 Å². The summed E-state index contributed by atoms with van der Waals surface area (Å²) >= 11 is 0. The van der Waals surface area contributed by atoms with E-state index in [2.05, 4.69) is 15.9 Å². The van der Waals surface area contributed by atoms with Crippen molar-refractivity contribution in [3.05, 3.63) is 18.6 Å². The first-order valence-corrected chi connectivity index (χ1v) is 8.41. The summed E-state index contributed by atoms with van der Waals surface area (Å²) in [5, 5.41) is 9.53. The van der Waals surface area contributed by atoms with Crippen LogP contribution in [0.5, 0.6) is 0 Å². The number of nitrogens with two attached hydrogens (primary N) is 1. The molecule has 10 nitrogen and oxygen atoms in total. The van der Waals surface area contributed by atoms with Gasteiger partial charge in [-0.15, -0.1) is 15.8 Å². The third kappa shape index (κ3) is 3.34. The number of fused-ring (bicyclic) bond motifs is 1. The lowest BCUT2D eigenvalue weighted by molar-refractivity contribution is -0.0635. The van der Waals surface area contributed by atoms with Crippen LogP contribution in [0.25, 0.3) is 11.2 Å². The van der Waals surface area contributed by atoms with Gasteiger partial charge in [-0.1, -0.05) is 5.92 Å². The van der Waals surface area contributed by atoms with E-state index in [1.807, 2.05) is 0 Å². The summed E-state index contributed by atoms with van der Waals surface area (Å²) in [5.74, 6) is 2.32. The molecular weight excluding hydrogens is 351 g/mol. The average molecular weight is 367 g/mol. The molecule has 0 bridgehead atoms. The van der Waals surface area contributed by atoms with Gasteiger partial charge in [0.25, 0.3) is 0 Å². The molecule has 4 N–H and O–H groups in total. The number of hydrogen-bond acceptors (Lipinski definition) is 8. The van der Waals surface area contributed by atoms with Crippen molar-refractivity contribution in [2.75, 3.05) is 18.9 Å². The first-order valence-electron chi connectivity index (χ1n) is 7.28. The number of aromatic nitrogens is 3. The molecule has 3 heterocycles. The molecular formula is C14H16N4O6P+. The van der Waals surface area contributed by atoms with Crippen LogP contribution in [0, 0.1) is 12.3 Å². The van der Waals surface area contributed by atoms with E-state index >= 15 is 0 Å². The van der Waals surface area contributed by atoms with Crippen LogP contribution < -0.4 is 5.73 Å². The maximum atomic E-state index is 11.1. The number of anilines is 1. The van der Waals surface area contributed by atoms with E-state index in [4.69, 9.17) is 31.0 Å². The first-order chi connectivity index (χ1) is 12.1. The molecule has 0 spiro atoms. The lowest BCUT2D eigenvalue weighted by Crippen LogP contribution is -2.36. The number of aliphatic hydroxyl groups excluding tert-OH is 1. The van der Waals surface area contributed by atoms with Crippen LogP contribution in [0.4, 0.5) is 5.69 Å². The van der Waals surface area contributed by atoms with Gasteiger partial charge in [0, 0.05) is 10.8 Å². The Hall–Kier alpha value is -2.12. The van der Waals surface area contributed by atoms with Crippen LogP contribution in [-0.2, 0) is 18.6 Å². The van der Waals surface area contributed by atoms with Crippen molar-refractivity contribution in [3.8, 4) is 12.3 Å². The van der Waals surface area contributed by atoms with Gasteiger partial charge in [0.15, 0.2) is 18.0 Å². The lowest BCUT2D eigenvalue weighted by atomic mass is 10.1. The van der Waals surface area contributed by atoms with Gasteiger partial charge in [-0.05, 0) is 6.07 Å². The fourth-order valence-electron chi connectivity index (χ4n) is 2.77. The fraction of sp³-hybridized carbons (Fsp3) is 0.429. The molecule has 2 aromatic heterocycles. The molecule has 0 aliphatic carbocycles. The van der Waals surface area contributed by atoms with Gasteiger partial charge in [-0.3, -0.25) is 4.57 Å². The molecule has 2 unspecified atom stereocenters. The third-order valence-corrected chi connectivity index (χ3v) is 4.23. The van der Waals surface area contributed by atoms with Crippen LogP contribution in [0.15, 0.2) is 18.6 Å². The Labute approximate surface area is 143 Å². The lowest BCUT2D eigenvalue weighted by Gasteiger charge is -2.20. The molecule has 3 rings (SSSR count). The zero-order chi connectivity index (χ0) is 18.0. The number of ether oxygens (including phenoxy) is 2. The Morgan fingerprint density at radius 3 is 2.96 bits per heavy atom. The van der Waals surface area contributed by atoms with Crippen molar-refractivity contribution in [1.29, 1.82) is 0 Å². The highest BCUT2D eigenvalue weighted by atomic mass is 31.1. The molecule has 0 amide bonds. The van der Waals surface area contributed by atoms with Crippen molar-refractivity contribution < 1.29 is 28.6 Å². The number of terminal acetylenes is 1. The maximum absolute atomic E-state index is 11.1. The second-order valence-corrected chi connectivity index (χ2v) is 5.95. The zero-order valence-corrected chi connectivity index (χ0v) is 13.8. The zero-order valence-electron chi connectivity index (χ0n) is 12.9. The molecule has 1 saturated heterocycles. The van der Waals surface area contributed by atoms with Gasteiger partial charge >= 0.3 is 8.25 Å². The van der Waals surface area contributed by atoms with E-state index in [0.717, 1.165) is 0 Å². The number of aliphatic hydroxyl groups is 1. The predicted molar refractivity (Wildman–Crippen MR) is 86.2 cm³/mol. The third-order valence-electron chi connectivity index (χ3n) is 3.80. The summed E-state index contributed by atoms with van der Waals surface area (Å²) < 4.78 is 29.0. The Kier molecular flexibility index (Phi) is 5.24. The van der Waals surface area contributed by atoms with E-state index in [0.29, 0.717) is 16.9 Å². The average Bonchev–Trinajstić information content (AvgIpc) is 3.15. The Bertz CT molecular complexity index is 821. The van der Waals surface area contributed by atoms with Crippen LogP contribution >= 0.6 is 8.25 Å². The summed E-state index contributed by atoms with van der Waals surface area (Å²) in [6.45, 7) is -0.518. The summed E-state index contributed by atoms with van der Waals surface area (Å²) in [4.78, 5) is 17.5. The van der Waals surface area contributed by atoms with Crippen molar-refractivity contribution in [1.82, 2.24) is 14.5 Å². The highest BCUT2D eigenvalue weighted by Gasteiger charge is 2.51. The predicted octanol–water partition coefficient (Wildman–Crippen LogP) is -0.0435. The Morgan fingerprint density at radius 2 is 2.28 bits per heavy atom. The summed E-state index contributed by atoms with van der Waals surface area (Å²) in [7, 11) is -2.93. The number of rotatable bonds is 6. The van der Waals surface area contributed by atoms with Gasteiger partial charge in [-0.25, -0.2) is 9.97 Å². The molecule has 1 aliphatic heterocycles. The molecule has 25 heavy (non-hydrogen) atoms. The molecule has 0 radical (unpaired) electrons. The molecule has 132 valence electrons. The van der Waals surface area contributed by atoms with E-state index < -0.39 is 39.4 Å². The fourth-order valence-corrected chi connectivity index (χ4v) is 3.24. The molecule has 1 aliphatic rings. The highest BCUT2D eigenvalue weighted by Crippen LogP contribution is 2.38. The van der Waals surface area contributed by atoms with Gasteiger partial charge in [0.2, 0.25) is 0 Å². The number of imidazole rings is 1. The Morgan fingerprint density at radius 1 is 1.48 bits per heavy atom. The Balaban J connectivity index is 2.01. The molecule has 5 atom stereocenters. The molecule has 0 aromatic carbocycles. The summed E-state index contributed by atoms with van der Waals surface area (Å²) in [5.41, 5.74) is 7.22. The molecule has 0 saturated carbocycles. The molecule has 1 fully saturated rings. The quantitative estimate of drug-likeness (QED) is 0.473. The standard InChI is InChI=1S/C14H15N4O6P/c1-2-5-22-12-11(24-25(20)21)9(6-19)23-14(12)18-7-17-10-8(15)3-4-16-13(10)18/h1,3-4,7,9,11-12,14,19H,5-6H2,(H2-,15,16,20,21)/p+1/t9-,11?,12+,14-/m1/s1. The normalized spacial score (nSPS) is 26.7. The minimum atomic E-state index is -2.93. The number of nitrogen functional groups attached to an aromatic ring is 1. The van der Waals surface area contributed by atoms with E-state index in [1.165, 1.54) is 12.5 Å². The van der Waals surface area contributed by atoms with Crippen molar-refractivity contribution in [2.45, 2.75) is 24.5 Å². The first kappa shape index (κ1) is 17.7. The van der Waals surface area contributed by atoms with Gasteiger partial charge in [0.05, 0.1) is 18.6 Å². The van der Waals surface area contributed by atoms with E-state index in [9.17, 15) is 9.67 Å². The molecule has 11 heteroatoms. The minimum absolute atomic E-state index is 0.0764. The number of hydrogen-bond donors (Lipinski definition) is 3. The van der Waals surface area contributed by atoms with Gasteiger partial charge in [-0.2, -0.15) is 0 Å². The largest absolute Gasteiger partial charge is 0.695 e. The van der Waals surface area contributed by atoms with Crippen molar-refractivity contribution in [2.24, 2.45) is 0 Å². The monoisotopic (exact) mass is 367 g/mol. The summed E-state index contributed by atoms with van der Waals surface area (Å²) in [6.07, 6.45) is 4.63. The maximum Gasteiger partial charge on any atom is 0.695 e. The number of nitrogens with zero attached hydrogens (tertiary/aromatic N) is 3. The number of pyridine rings is 1. The van der Waals surface area contributed by atoms with Crippen LogP contribution in [0.3, 0.4) is 0 Å². The second kappa shape index (κ2) is 7.41. The minimum Gasteiger partial charge on any atom is -0.397 e. The highest BCUT2D eigenvalue weighted by molar-refractivity contribution is 7.32. The SMILES string of the molecule is C#CCO[C@H]1C(O[P+](=O)O)[C@@H](CO)O[C@H]1n1cnc2c(N)ccnc21. The second-order valence-electron chi connectivity index (χ2n) is 5.26. The van der Waals surface area contributed by atoms with Crippen molar-refractivity contribution >= 4 is 25.1 Å². The molecule has 2 aromatic rings. The van der Waals surface area contributed by atoms with Crippen LogP contribution in [0.2, 0.25) is 0 Å². The van der Waals surface area contributed by atoms with E-state index in [-0.39, 0.29) is 6.61 Å². The van der Waals surface area contributed by atoms with E-state index in [1.54, 1.807) is 10.6 Å². The topological polar surface area (TPSA) is 142 Å². The van der Waals surface area contributed by atoms with Crippen LogP contribution in [-0.4, -0.2) is 56.1 Å².